The summed E-state index contributed by atoms with van der Waals surface area (Å²) in [6.45, 7) is 4.93. The molecule has 0 heterocycles. The normalized spacial score (nSPS) is 12.8. The molecule has 0 saturated heterocycles. The van der Waals surface area contributed by atoms with Crippen molar-refractivity contribution >= 4 is 11.9 Å². The number of ether oxygens (including phenoxy) is 1. The second kappa shape index (κ2) is 62.6. The molecule has 0 saturated carbocycles. The van der Waals surface area contributed by atoms with Gasteiger partial charge in [0.2, 0.25) is 5.91 Å². The Kier molecular flexibility index (Phi) is 61.0. The zero-order valence-corrected chi connectivity index (χ0v) is 49.1. The fourth-order valence-electron chi connectivity index (χ4n) is 10.1. The molecule has 0 rings (SSSR count). The van der Waals surface area contributed by atoms with E-state index in [-0.39, 0.29) is 18.5 Å². The van der Waals surface area contributed by atoms with Crippen molar-refractivity contribution in [1.82, 2.24) is 5.32 Å². The highest BCUT2D eigenvalue weighted by Crippen LogP contribution is 2.18. The van der Waals surface area contributed by atoms with Crippen molar-refractivity contribution in [3.8, 4) is 0 Å². The number of carbonyl (C=O) groups is 2. The summed E-state index contributed by atoms with van der Waals surface area (Å²) in [6, 6.07) is -0.540. The van der Waals surface area contributed by atoms with Crippen LogP contribution in [0, 0.1) is 0 Å². The van der Waals surface area contributed by atoms with E-state index in [2.05, 4.69) is 55.6 Å². The Labute approximate surface area is 455 Å². The Morgan fingerprint density at radius 3 is 1.08 bits per heavy atom. The number of aliphatic hydroxyl groups excluding tert-OH is 2. The second-order valence-corrected chi connectivity index (χ2v) is 22.4. The molecule has 73 heavy (non-hydrogen) atoms. The third-order valence-corrected chi connectivity index (χ3v) is 15.2. The molecule has 0 spiro atoms. The van der Waals surface area contributed by atoms with Gasteiger partial charge < -0.3 is 20.3 Å². The fourth-order valence-corrected chi connectivity index (χ4v) is 10.1. The lowest BCUT2D eigenvalue weighted by molar-refractivity contribution is -0.143. The van der Waals surface area contributed by atoms with Gasteiger partial charge in [0.05, 0.1) is 25.4 Å². The van der Waals surface area contributed by atoms with Gasteiger partial charge in [0.15, 0.2) is 0 Å². The van der Waals surface area contributed by atoms with Gasteiger partial charge >= 0.3 is 5.97 Å². The second-order valence-electron chi connectivity index (χ2n) is 22.4. The van der Waals surface area contributed by atoms with Gasteiger partial charge in [-0.15, -0.1) is 0 Å². The van der Waals surface area contributed by atoms with E-state index >= 15 is 0 Å². The largest absolute Gasteiger partial charge is 0.466 e. The summed E-state index contributed by atoms with van der Waals surface area (Å²) in [5.41, 5.74) is 0. The zero-order chi connectivity index (χ0) is 52.9. The van der Waals surface area contributed by atoms with Crippen LogP contribution in [-0.2, 0) is 14.3 Å². The lowest BCUT2D eigenvalue weighted by Crippen LogP contribution is -2.45. The van der Waals surface area contributed by atoms with E-state index in [0.29, 0.717) is 25.9 Å². The van der Waals surface area contributed by atoms with Crippen LogP contribution in [0.3, 0.4) is 0 Å². The molecule has 0 aromatic carbocycles. The van der Waals surface area contributed by atoms with Gasteiger partial charge in [0.1, 0.15) is 0 Å². The Bertz CT molecular complexity index is 1180. The first kappa shape index (κ1) is 71.1. The topological polar surface area (TPSA) is 95.9 Å². The van der Waals surface area contributed by atoms with Crippen LogP contribution in [0.4, 0.5) is 0 Å². The van der Waals surface area contributed by atoms with Crippen LogP contribution >= 0.6 is 0 Å². The minimum absolute atomic E-state index is 0.00814. The molecule has 0 fully saturated rings. The number of rotatable bonds is 61. The predicted molar refractivity (Wildman–Crippen MR) is 319 cm³/mol. The Balaban J connectivity index is 3.35. The molecule has 2 atom stereocenters. The summed E-state index contributed by atoms with van der Waals surface area (Å²) in [7, 11) is 0. The number of nitrogens with one attached hydrogen (secondary N) is 1. The van der Waals surface area contributed by atoms with Gasteiger partial charge in [-0.2, -0.15) is 0 Å². The summed E-state index contributed by atoms with van der Waals surface area (Å²) in [5.74, 6) is -0.0269. The average Bonchev–Trinajstić information content (AvgIpc) is 3.39. The number of esters is 1. The van der Waals surface area contributed by atoms with Crippen molar-refractivity contribution in [2.75, 3.05) is 13.2 Å². The van der Waals surface area contributed by atoms with Crippen molar-refractivity contribution < 1.29 is 24.5 Å². The maximum atomic E-state index is 12.5. The maximum absolute atomic E-state index is 12.5. The van der Waals surface area contributed by atoms with Crippen LogP contribution in [0.15, 0.2) is 36.5 Å². The van der Waals surface area contributed by atoms with E-state index in [1.54, 1.807) is 0 Å². The molecule has 0 aliphatic heterocycles. The molecule has 0 aromatic rings. The van der Waals surface area contributed by atoms with Crippen molar-refractivity contribution in [3.05, 3.63) is 36.5 Å². The summed E-state index contributed by atoms with van der Waals surface area (Å²) in [5, 5.41) is 23.2. The van der Waals surface area contributed by atoms with E-state index in [9.17, 15) is 19.8 Å². The molecule has 0 radical (unpaired) electrons. The fraction of sp³-hybridized carbons (Fsp3) is 0.881. The van der Waals surface area contributed by atoms with Crippen LogP contribution in [-0.4, -0.2) is 47.4 Å². The lowest BCUT2D eigenvalue weighted by atomic mass is 10.0. The van der Waals surface area contributed by atoms with E-state index in [0.717, 1.165) is 51.4 Å². The van der Waals surface area contributed by atoms with Gasteiger partial charge in [0, 0.05) is 12.8 Å². The number of hydrogen-bond acceptors (Lipinski definition) is 5. The van der Waals surface area contributed by atoms with Crippen molar-refractivity contribution in [1.29, 1.82) is 0 Å². The molecule has 6 nitrogen and oxygen atoms in total. The van der Waals surface area contributed by atoms with E-state index in [4.69, 9.17) is 4.74 Å². The number of aliphatic hydroxyl groups is 2. The van der Waals surface area contributed by atoms with Crippen molar-refractivity contribution in [2.24, 2.45) is 0 Å². The molecule has 0 aromatic heterocycles. The zero-order valence-electron chi connectivity index (χ0n) is 49.1. The van der Waals surface area contributed by atoms with E-state index < -0.39 is 12.1 Å². The average molecular weight is 1030 g/mol. The highest BCUT2D eigenvalue weighted by molar-refractivity contribution is 5.76. The van der Waals surface area contributed by atoms with Crippen molar-refractivity contribution in [3.63, 3.8) is 0 Å². The van der Waals surface area contributed by atoms with E-state index in [1.165, 1.54) is 270 Å². The SMILES string of the molecule is CCCCC/C=C\C/C=C\CCCCCCCCCC(=O)OCCCCCCCCCCCCCC/C=C\CCCCCCCCCCCCCCC(=O)NC(CO)C(O)CCCCCCCCCCCCC. The van der Waals surface area contributed by atoms with Gasteiger partial charge in [-0.3, -0.25) is 9.59 Å². The number of allylic oxidation sites excluding steroid dienone is 6. The van der Waals surface area contributed by atoms with Crippen LogP contribution in [0.5, 0.6) is 0 Å². The number of amides is 1. The maximum Gasteiger partial charge on any atom is 0.305 e. The monoisotopic (exact) mass is 1030 g/mol. The molecule has 3 N–H and O–H groups in total. The molecule has 2 unspecified atom stereocenters. The summed E-state index contributed by atoms with van der Waals surface area (Å²) in [4.78, 5) is 24.5. The van der Waals surface area contributed by atoms with Crippen LogP contribution in [0.1, 0.15) is 354 Å². The molecule has 0 aliphatic carbocycles. The smallest absolute Gasteiger partial charge is 0.305 e. The third-order valence-electron chi connectivity index (χ3n) is 15.2. The molecule has 6 heteroatoms. The van der Waals surface area contributed by atoms with Gasteiger partial charge in [-0.1, -0.05) is 294 Å². The molecule has 1 amide bonds. The van der Waals surface area contributed by atoms with Crippen molar-refractivity contribution in [2.45, 2.75) is 366 Å². The molecule has 430 valence electrons. The first-order chi connectivity index (χ1) is 36.0. The Morgan fingerprint density at radius 1 is 0.384 bits per heavy atom. The van der Waals surface area contributed by atoms with Gasteiger partial charge in [0.25, 0.3) is 0 Å². The van der Waals surface area contributed by atoms with Crippen LogP contribution < -0.4 is 5.32 Å². The summed E-state index contributed by atoms with van der Waals surface area (Å²) >= 11 is 0. The predicted octanol–water partition coefficient (Wildman–Crippen LogP) is 20.8. The first-order valence-electron chi connectivity index (χ1n) is 32.7. The highest BCUT2D eigenvalue weighted by Gasteiger charge is 2.20. The molecular weight excluding hydrogens is 899 g/mol. The Hall–Kier alpha value is -1.92. The summed E-state index contributed by atoms with van der Waals surface area (Å²) in [6.07, 6.45) is 78.9. The third kappa shape index (κ3) is 59.2. The quantitative estimate of drug-likeness (QED) is 0.0320. The minimum atomic E-state index is -0.663. The molecule has 0 aliphatic rings. The number of unbranched alkanes of at least 4 members (excludes halogenated alkanes) is 44. The first-order valence-corrected chi connectivity index (χ1v) is 32.7. The van der Waals surface area contributed by atoms with Crippen LogP contribution in [0.25, 0.3) is 0 Å². The number of carbonyl (C=O) groups excluding carboxylic acids is 2. The Morgan fingerprint density at radius 2 is 0.685 bits per heavy atom. The van der Waals surface area contributed by atoms with Crippen LogP contribution in [0.2, 0.25) is 0 Å². The number of hydrogen-bond donors (Lipinski definition) is 3. The lowest BCUT2D eigenvalue weighted by Gasteiger charge is -2.22. The summed E-state index contributed by atoms with van der Waals surface area (Å²) < 4.78 is 5.49. The van der Waals surface area contributed by atoms with Gasteiger partial charge in [-0.25, -0.2) is 0 Å². The minimum Gasteiger partial charge on any atom is -0.466 e. The molecular formula is C67H127NO5. The van der Waals surface area contributed by atoms with E-state index in [1.807, 2.05) is 0 Å². The standard InChI is InChI=1S/C67H127NO5/c1-3-5-7-9-11-13-15-16-17-30-34-37-41-45-49-53-57-61-67(72)73-62-58-54-50-46-42-38-35-32-29-27-25-23-21-19-18-20-22-24-26-28-31-33-36-40-44-48-52-56-60-66(71)68-64(63-69)65(70)59-55-51-47-43-39-14-12-10-8-6-4-2/h11,13,16-19,64-65,69-70H,3-10,12,14-15,20-63H2,1-2H3,(H,68,71)/b13-11-,17-16-,19-18-. The van der Waals surface area contributed by atoms with Gasteiger partial charge in [-0.05, 0) is 83.5 Å². The molecule has 0 bridgehead atoms. The highest BCUT2D eigenvalue weighted by atomic mass is 16.5.